The molecule has 6 aromatic carbocycles. The third kappa shape index (κ3) is 4.84. The van der Waals surface area contributed by atoms with Crippen LogP contribution in [-0.2, 0) is 0 Å². The predicted octanol–water partition coefficient (Wildman–Crippen LogP) is 11.2. The standard InChI is InChI=1S/C39H24ClN3S/c40-39-42-37(30-23-28(25-12-4-1-5-13-25)22-29(24-30)26-14-6-2-7-15-26)41-38(43-39)32-19-11-21-34-36(32)35-31(18-10-20-33(35)44-34)27-16-8-3-9-17-27/h1-24H. The molecule has 0 radical (unpaired) electrons. The first-order valence-corrected chi connectivity index (χ1v) is 15.6. The molecular weight excluding hydrogens is 578 g/mol. The van der Waals surface area contributed by atoms with Crippen LogP contribution in [0.2, 0.25) is 5.28 Å². The van der Waals surface area contributed by atoms with Crippen molar-refractivity contribution in [2.45, 2.75) is 0 Å². The molecule has 3 nitrogen and oxygen atoms in total. The summed E-state index contributed by atoms with van der Waals surface area (Å²) in [6.45, 7) is 0. The van der Waals surface area contributed by atoms with Crippen molar-refractivity contribution >= 4 is 43.1 Å². The van der Waals surface area contributed by atoms with Gasteiger partial charge in [0, 0.05) is 31.3 Å². The van der Waals surface area contributed by atoms with Gasteiger partial charge in [0.05, 0.1) is 0 Å². The van der Waals surface area contributed by atoms with Gasteiger partial charge < -0.3 is 0 Å². The fourth-order valence-corrected chi connectivity index (χ4v) is 7.18. The molecule has 8 rings (SSSR count). The van der Waals surface area contributed by atoms with E-state index in [0.29, 0.717) is 11.6 Å². The summed E-state index contributed by atoms with van der Waals surface area (Å²) in [6.07, 6.45) is 0. The fraction of sp³-hybridized carbons (Fsp3) is 0. The van der Waals surface area contributed by atoms with Gasteiger partial charge in [-0.1, -0.05) is 115 Å². The number of aromatic nitrogens is 3. The van der Waals surface area contributed by atoms with E-state index in [-0.39, 0.29) is 5.28 Å². The van der Waals surface area contributed by atoms with Crippen LogP contribution in [0.4, 0.5) is 0 Å². The smallest absolute Gasteiger partial charge is 0.208 e. The van der Waals surface area contributed by atoms with Crippen molar-refractivity contribution < 1.29 is 0 Å². The Kier molecular flexibility index (Phi) is 6.71. The highest BCUT2D eigenvalue weighted by Crippen LogP contribution is 2.44. The van der Waals surface area contributed by atoms with E-state index >= 15 is 0 Å². The van der Waals surface area contributed by atoms with Gasteiger partial charge in [-0.05, 0) is 75.3 Å². The number of rotatable bonds is 5. The summed E-state index contributed by atoms with van der Waals surface area (Å²) in [5, 5.41) is 2.49. The normalized spacial score (nSPS) is 11.3. The Morgan fingerprint density at radius 2 is 0.864 bits per heavy atom. The molecule has 0 saturated heterocycles. The Hall–Kier alpha value is -5.16. The van der Waals surface area contributed by atoms with Crippen LogP contribution in [-0.4, -0.2) is 15.0 Å². The number of hydrogen-bond donors (Lipinski definition) is 0. The maximum Gasteiger partial charge on any atom is 0.226 e. The van der Waals surface area contributed by atoms with E-state index in [9.17, 15) is 0 Å². The quantitative estimate of drug-likeness (QED) is 0.197. The Labute approximate surface area is 264 Å². The number of nitrogens with zero attached hydrogens (tertiary/aromatic N) is 3. The van der Waals surface area contributed by atoms with Gasteiger partial charge in [0.2, 0.25) is 5.28 Å². The molecule has 8 aromatic rings. The molecule has 208 valence electrons. The molecule has 0 unspecified atom stereocenters. The molecule has 0 atom stereocenters. The topological polar surface area (TPSA) is 38.7 Å². The number of halogens is 1. The van der Waals surface area contributed by atoms with Gasteiger partial charge in [-0.3, -0.25) is 0 Å². The van der Waals surface area contributed by atoms with Gasteiger partial charge in [-0.2, -0.15) is 9.97 Å². The summed E-state index contributed by atoms with van der Waals surface area (Å²) in [4.78, 5) is 14.4. The number of fused-ring (bicyclic) bond motifs is 3. The van der Waals surface area contributed by atoms with Crippen LogP contribution in [0.1, 0.15) is 0 Å². The van der Waals surface area contributed by atoms with Gasteiger partial charge >= 0.3 is 0 Å². The van der Waals surface area contributed by atoms with E-state index in [1.54, 1.807) is 11.3 Å². The van der Waals surface area contributed by atoms with Crippen LogP contribution in [0.5, 0.6) is 0 Å². The maximum absolute atomic E-state index is 6.67. The lowest BCUT2D eigenvalue weighted by Gasteiger charge is -2.12. The van der Waals surface area contributed by atoms with Gasteiger partial charge in [0.1, 0.15) is 0 Å². The Balaban J connectivity index is 1.35. The molecule has 0 aliphatic carbocycles. The first kappa shape index (κ1) is 26.5. The molecule has 0 fully saturated rings. The van der Waals surface area contributed by atoms with Crippen LogP contribution in [0.25, 0.3) is 76.3 Å². The van der Waals surface area contributed by atoms with Crippen LogP contribution < -0.4 is 0 Å². The van der Waals surface area contributed by atoms with Crippen molar-refractivity contribution in [3.63, 3.8) is 0 Å². The molecule has 0 saturated carbocycles. The third-order valence-electron chi connectivity index (χ3n) is 7.86. The summed E-state index contributed by atoms with van der Waals surface area (Å²) in [6, 6.07) is 50.5. The molecule has 2 heterocycles. The highest BCUT2D eigenvalue weighted by Gasteiger charge is 2.18. The van der Waals surface area contributed by atoms with Gasteiger partial charge in [0.15, 0.2) is 11.6 Å². The van der Waals surface area contributed by atoms with Crippen molar-refractivity contribution in [2.24, 2.45) is 0 Å². The van der Waals surface area contributed by atoms with E-state index in [1.165, 1.54) is 25.9 Å². The van der Waals surface area contributed by atoms with Gasteiger partial charge in [0.25, 0.3) is 0 Å². The van der Waals surface area contributed by atoms with E-state index in [4.69, 9.17) is 16.6 Å². The van der Waals surface area contributed by atoms with Gasteiger partial charge in [-0.25, -0.2) is 4.98 Å². The Morgan fingerprint density at radius 1 is 0.386 bits per heavy atom. The van der Waals surface area contributed by atoms with E-state index < -0.39 is 0 Å². The van der Waals surface area contributed by atoms with E-state index in [2.05, 4.69) is 137 Å². The highest BCUT2D eigenvalue weighted by molar-refractivity contribution is 7.26. The van der Waals surface area contributed by atoms with Gasteiger partial charge in [-0.15, -0.1) is 11.3 Å². The molecule has 44 heavy (non-hydrogen) atoms. The number of hydrogen-bond acceptors (Lipinski definition) is 4. The average molecular weight is 602 g/mol. The molecular formula is C39H24ClN3S. The molecule has 0 bridgehead atoms. The second kappa shape index (κ2) is 11.2. The van der Waals surface area contributed by atoms with Crippen LogP contribution >= 0.6 is 22.9 Å². The van der Waals surface area contributed by atoms with Crippen LogP contribution in [0.3, 0.4) is 0 Å². The van der Waals surface area contributed by atoms with Crippen molar-refractivity contribution in [3.8, 4) is 56.2 Å². The van der Waals surface area contributed by atoms with Crippen molar-refractivity contribution in [3.05, 3.63) is 151 Å². The Morgan fingerprint density at radius 3 is 1.45 bits per heavy atom. The highest BCUT2D eigenvalue weighted by atomic mass is 35.5. The summed E-state index contributed by atoms with van der Waals surface area (Å²) in [5.74, 6) is 1.09. The minimum Gasteiger partial charge on any atom is -0.208 e. The Bertz CT molecular complexity index is 2220. The summed E-state index contributed by atoms with van der Waals surface area (Å²) >= 11 is 8.45. The first-order valence-electron chi connectivity index (χ1n) is 14.4. The fourth-order valence-electron chi connectivity index (χ4n) is 5.86. The van der Waals surface area contributed by atoms with Crippen molar-refractivity contribution in [2.75, 3.05) is 0 Å². The lowest BCUT2D eigenvalue weighted by Crippen LogP contribution is -1.98. The van der Waals surface area contributed by atoms with Crippen LogP contribution in [0, 0.1) is 0 Å². The lowest BCUT2D eigenvalue weighted by atomic mass is 9.95. The average Bonchev–Trinajstić information content (AvgIpc) is 3.48. The minimum absolute atomic E-state index is 0.163. The zero-order chi connectivity index (χ0) is 29.5. The molecule has 0 aliphatic heterocycles. The number of benzene rings is 6. The second-order valence-electron chi connectivity index (χ2n) is 10.6. The molecule has 5 heteroatoms. The monoisotopic (exact) mass is 601 g/mol. The third-order valence-corrected chi connectivity index (χ3v) is 9.15. The lowest BCUT2D eigenvalue weighted by molar-refractivity contribution is 1.07. The second-order valence-corrected chi connectivity index (χ2v) is 12.0. The summed E-state index contributed by atoms with van der Waals surface area (Å²) in [7, 11) is 0. The maximum atomic E-state index is 6.67. The summed E-state index contributed by atoms with van der Waals surface area (Å²) < 4.78 is 2.40. The van der Waals surface area contributed by atoms with Crippen LogP contribution in [0.15, 0.2) is 146 Å². The van der Waals surface area contributed by atoms with Crippen molar-refractivity contribution in [1.29, 1.82) is 0 Å². The minimum atomic E-state index is 0.163. The number of thiophene rings is 1. The molecule has 2 aromatic heterocycles. The molecule has 0 spiro atoms. The molecule has 0 amide bonds. The zero-order valence-corrected chi connectivity index (χ0v) is 25.1. The van der Waals surface area contributed by atoms with E-state index in [0.717, 1.165) is 38.8 Å². The summed E-state index contributed by atoms with van der Waals surface area (Å²) in [5.41, 5.74) is 8.58. The predicted molar refractivity (Wildman–Crippen MR) is 185 cm³/mol. The van der Waals surface area contributed by atoms with Crippen molar-refractivity contribution in [1.82, 2.24) is 15.0 Å². The largest absolute Gasteiger partial charge is 0.226 e. The molecule has 0 N–H and O–H groups in total. The SMILES string of the molecule is Clc1nc(-c2cc(-c3ccccc3)cc(-c3ccccc3)c2)nc(-c2cccc3sc4cccc(-c5ccccc5)c4c23)n1. The van der Waals surface area contributed by atoms with E-state index in [1.807, 2.05) is 18.2 Å². The zero-order valence-electron chi connectivity index (χ0n) is 23.5. The first-order chi connectivity index (χ1) is 21.7. The molecule has 0 aliphatic rings.